The number of hydrogen-bond donors (Lipinski definition) is 1. The molecule has 0 spiro atoms. The highest BCUT2D eigenvalue weighted by Gasteiger charge is 2.30. The molecule has 1 N–H and O–H groups in total. The number of aryl methyl sites for hydroxylation is 1. The summed E-state index contributed by atoms with van der Waals surface area (Å²) in [5.74, 6) is -0.330. The van der Waals surface area contributed by atoms with E-state index in [0.717, 1.165) is 11.1 Å². The van der Waals surface area contributed by atoms with Crippen LogP contribution in [0.15, 0.2) is 42.5 Å². The van der Waals surface area contributed by atoms with Gasteiger partial charge in [-0.25, -0.2) is 4.39 Å². The van der Waals surface area contributed by atoms with Crippen LogP contribution in [0.5, 0.6) is 0 Å². The third kappa shape index (κ3) is 7.82. The molecule has 0 saturated carbocycles. The molecular formula is C25H32ClFN2O2S. The van der Waals surface area contributed by atoms with Gasteiger partial charge in [0.05, 0.1) is 5.75 Å². The number of benzene rings is 2. The van der Waals surface area contributed by atoms with Gasteiger partial charge in [-0.2, -0.15) is 0 Å². The van der Waals surface area contributed by atoms with E-state index in [-0.39, 0.29) is 29.1 Å². The quantitative estimate of drug-likeness (QED) is 0.499. The summed E-state index contributed by atoms with van der Waals surface area (Å²) in [5, 5.41) is 3.34. The number of thioether (sulfide) groups is 1. The molecule has 174 valence electrons. The van der Waals surface area contributed by atoms with Gasteiger partial charge in [-0.1, -0.05) is 54.4 Å². The van der Waals surface area contributed by atoms with Crippen LogP contribution in [0.2, 0.25) is 5.02 Å². The highest BCUT2D eigenvalue weighted by molar-refractivity contribution is 7.99. The molecule has 4 nitrogen and oxygen atoms in total. The first-order chi connectivity index (χ1) is 15.0. The van der Waals surface area contributed by atoms with Crippen LogP contribution in [0.25, 0.3) is 0 Å². The van der Waals surface area contributed by atoms with E-state index >= 15 is 0 Å². The number of hydrogen-bond acceptors (Lipinski definition) is 3. The largest absolute Gasteiger partial charge is 0.350 e. The Morgan fingerprint density at radius 2 is 1.88 bits per heavy atom. The lowest BCUT2D eigenvalue weighted by molar-refractivity contribution is -0.140. The monoisotopic (exact) mass is 478 g/mol. The zero-order chi connectivity index (χ0) is 23.9. The molecule has 32 heavy (non-hydrogen) atoms. The first kappa shape index (κ1) is 26.2. The molecule has 0 bridgehead atoms. The fraction of sp³-hybridized carbons (Fsp3) is 0.440. The van der Waals surface area contributed by atoms with Crippen LogP contribution in [0.4, 0.5) is 4.39 Å². The van der Waals surface area contributed by atoms with Gasteiger partial charge in [-0.05, 0) is 51.8 Å². The van der Waals surface area contributed by atoms with Gasteiger partial charge in [-0.15, -0.1) is 11.8 Å². The van der Waals surface area contributed by atoms with Crippen molar-refractivity contribution in [1.82, 2.24) is 10.2 Å². The molecule has 0 unspecified atom stereocenters. The zero-order valence-corrected chi connectivity index (χ0v) is 20.9. The minimum atomic E-state index is -0.597. The van der Waals surface area contributed by atoms with Crippen molar-refractivity contribution in [3.63, 3.8) is 0 Å². The van der Waals surface area contributed by atoms with Gasteiger partial charge >= 0.3 is 0 Å². The predicted octanol–water partition coefficient (Wildman–Crippen LogP) is 5.74. The first-order valence-corrected chi connectivity index (χ1v) is 12.2. The van der Waals surface area contributed by atoms with Crippen molar-refractivity contribution in [2.45, 2.75) is 64.9 Å². The van der Waals surface area contributed by atoms with Gasteiger partial charge in [0.2, 0.25) is 11.8 Å². The third-order valence-corrected chi connectivity index (χ3v) is 6.15. The molecule has 0 aliphatic carbocycles. The van der Waals surface area contributed by atoms with E-state index in [1.807, 2.05) is 58.9 Å². The van der Waals surface area contributed by atoms with Gasteiger partial charge in [0.25, 0.3) is 0 Å². The molecule has 2 aromatic rings. The predicted molar refractivity (Wildman–Crippen MR) is 131 cm³/mol. The third-order valence-electron chi connectivity index (χ3n) is 4.85. The fourth-order valence-electron chi connectivity index (χ4n) is 3.37. The van der Waals surface area contributed by atoms with Crippen molar-refractivity contribution < 1.29 is 14.0 Å². The van der Waals surface area contributed by atoms with Crippen molar-refractivity contribution in [2.75, 3.05) is 5.75 Å². The van der Waals surface area contributed by atoms with E-state index in [1.165, 1.54) is 17.8 Å². The lowest BCUT2D eigenvalue weighted by Crippen LogP contribution is -2.53. The van der Waals surface area contributed by atoms with Crippen molar-refractivity contribution in [3.05, 3.63) is 70.0 Å². The molecular weight excluding hydrogens is 447 g/mol. The second kappa shape index (κ2) is 11.7. The summed E-state index contributed by atoms with van der Waals surface area (Å²) in [6.45, 7) is 9.97. The van der Waals surface area contributed by atoms with Crippen LogP contribution in [0.3, 0.4) is 0 Å². The topological polar surface area (TPSA) is 49.4 Å². The van der Waals surface area contributed by atoms with Gasteiger partial charge in [-0.3, -0.25) is 9.59 Å². The summed E-state index contributed by atoms with van der Waals surface area (Å²) in [5.41, 5.74) is 2.03. The average Bonchev–Trinajstić information content (AvgIpc) is 2.68. The average molecular weight is 479 g/mol. The molecule has 2 amide bonds. The lowest BCUT2D eigenvalue weighted by Gasteiger charge is -2.33. The van der Waals surface area contributed by atoms with Crippen molar-refractivity contribution >= 4 is 35.2 Å². The summed E-state index contributed by atoms with van der Waals surface area (Å²) in [6, 6.07) is 11.9. The lowest BCUT2D eigenvalue weighted by atomic mass is 10.1. The summed E-state index contributed by atoms with van der Waals surface area (Å²) >= 11 is 7.39. The molecule has 0 fully saturated rings. The Labute approximate surface area is 199 Å². The number of nitrogens with zero attached hydrogens (tertiary/aromatic N) is 1. The normalized spacial score (nSPS) is 12.3. The van der Waals surface area contributed by atoms with E-state index in [1.54, 1.807) is 17.0 Å². The van der Waals surface area contributed by atoms with Crippen LogP contribution < -0.4 is 5.32 Å². The number of halogens is 2. The number of nitrogens with one attached hydrogen (secondary N) is 1. The molecule has 0 aliphatic rings. The van der Waals surface area contributed by atoms with Crippen LogP contribution in [-0.4, -0.2) is 34.0 Å². The van der Waals surface area contributed by atoms with E-state index in [2.05, 4.69) is 5.32 Å². The van der Waals surface area contributed by atoms with Gasteiger partial charge < -0.3 is 10.2 Å². The summed E-state index contributed by atoms with van der Waals surface area (Å²) < 4.78 is 14.1. The first-order valence-electron chi connectivity index (χ1n) is 10.7. The number of rotatable bonds is 9. The van der Waals surface area contributed by atoms with Crippen LogP contribution >= 0.6 is 23.4 Å². The van der Waals surface area contributed by atoms with E-state index < -0.39 is 11.6 Å². The fourth-order valence-corrected chi connectivity index (χ4v) is 4.62. The maximum Gasteiger partial charge on any atom is 0.243 e. The maximum atomic E-state index is 14.1. The number of carbonyl (C=O) groups excluding carboxylic acids is 2. The highest BCUT2D eigenvalue weighted by Crippen LogP contribution is 2.25. The standard InChI is InChI=1S/C25H32ClFN2O2S/c1-6-22(24(31)28-25(3,4)5)29(14-18-10-7-9-17(2)13-18)23(30)16-32-15-19-20(26)11-8-12-21(19)27/h7-13,22H,6,14-16H2,1-5H3,(H,28,31)/t22-/m0/s1. The van der Waals surface area contributed by atoms with Crippen molar-refractivity contribution in [3.8, 4) is 0 Å². The molecule has 0 radical (unpaired) electrons. The molecule has 0 heterocycles. The highest BCUT2D eigenvalue weighted by atomic mass is 35.5. The summed E-state index contributed by atoms with van der Waals surface area (Å²) in [6.07, 6.45) is 0.489. The second-order valence-electron chi connectivity index (χ2n) is 8.87. The van der Waals surface area contributed by atoms with E-state index in [9.17, 15) is 14.0 Å². The van der Waals surface area contributed by atoms with Gasteiger partial charge in [0.15, 0.2) is 0 Å². The minimum absolute atomic E-state index is 0.121. The number of carbonyl (C=O) groups is 2. The Morgan fingerprint density at radius 1 is 1.19 bits per heavy atom. The van der Waals surface area contributed by atoms with Crippen LogP contribution in [-0.2, 0) is 21.9 Å². The smallest absolute Gasteiger partial charge is 0.243 e. The number of amides is 2. The summed E-state index contributed by atoms with van der Waals surface area (Å²) in [7, 11) is 0. The molecule has 7 heteroatoms. The summed E-state index contributed by atoms with van der Waals surface area (Å²) in [4.78, 5) is 27.9. The second-order valence-corrected chi connectivity index (χ2v) is 10.3. The van der Waals surface area contributed by atoms with Gasteiger partial charge in [0.1, 0.15) is 11.9 Å². The zero-order valence-electron chi connectivity index (χ0n) is 19.4. The molecule has 0 aromatic heterocycles. The molecule has 0 saturated heterocycles. The van der Waals surface area contributed by atoms with Crippen molar-refractivity contribution in [2.24, 2.45) is 0 Å². The Hall–Kier alpha value is -2.05. The van der Waals surface area contributed by atoms with Crippen LogP contribution in [0.1, 0.15) is 50.8 Å². The Bertz CT molecular complexity index is 926. The van der Waals surface area contributed by atoms with Gasteiger partial charge in [0, 0.05) is 28.4 Å². The maximum absolute atomic E-state index is 14.1. The van der Waals surface area contributed by atoms with E-state index in [0.29, 0.717) is 23.6 Å². The SMILES string of the molecule is CC[C@@H](C(=O)NC(C)(C)C)N(Cc1cccc(C)c1)C(=O)CSCc1c(F)cccc1Cl. The van der Waals surface area contributed by atoms with Crippen LogP contribution in [0, 0.1) is 12.7 Å². The van der Waals surface area contributed by atoms with Crippen molar-refractivity contribution in [1.29, 1.82) is 0 Å². The molecule has 2 aromatic carbocycles. The minimum Gasteiger partial charge on any atom is -0.350 e. The molecule has 0 aliphatic heterocycles. The Balaban J connectivity index is 2.20. The molecule has 2 rings (SSSR count). The Morgan fingerprint density at radius 3 is 2.47 bits per heavy atom. The van der Waals surface area contributed by atoms with E-state index in [4.69, 9.17) is 11.6 Å². The molecule has 1 atom stereocenters. The Kier molecular flexibility index (Phi) is 9.59.